The Morgan fingerprint density at radius 2 is 1.97 bits per heavy atom. The first-order valence-electron chi connectivity index (χ1n) is 12.2. The Morgan fingerprint density at radius 3 is 2.66 bits per heavy atom. The zero-order valence-electron chi connectivity index (χ0n) is 20.1. The van der Waals surface area contributed by atoms with E-state index >= 15 is 0 Å². The molecular formula is C26H29F3N4O2. The highest BCUT2D eigenvalue weighted by molar-refractivity contribution is 5.85. The van der Waals surface area contributed by atoms with Crippen molar-refractivity contribution in [2.75, 3.05) is 0 Å². The van der Waals surface area contributed by atoms with Crippen LogP contribution in [0.2, 0.25) is 0 Å². The molecule has 0 bridgehead atoms. The van der Waals surface area contributed by atoms with Crippen molar-refractivity contribution in [1.29, 1.82) is 0 Å². The third kappa shape index (κ3) is 4.90. The van der Waals surface area contributed by atoms with Crippen LogP contribution in [0, 0.1) is 24.6 Å². The highest BCUT2D eigenvalue weighted by Gasteiger charge is 2.52. The molecule has 5 rings (SSSR count). The standard InChI is InChI=1S/C26H29F3N4O2/c1-14(2)8-19-11-22(32-35-19)25-31-30-24(33(25)18-6-7-18)21-13-26(28,29)12-20(21)23(34)10-16-4-5-17(27)9-15(16)3/h4-5,9,11,14,18,20-21H,6-8,10,12-13H2,1-3H3/t20-,21-/m0/s1. The summed E-state index contributed by atoms with van der Waals surface area (Å²) in [7, 11) is 0. The highest BCUT2D eigenvalue weighted by atomic mass is 19.3. The highest BCUT2D eigenvalue weighted by Crippen LogP contribution is 2.51. The maximum absolute atomic E-state index is 14.7. The van der Waals surface area contributed by atoms with Crippen LogP contribution in [0.3, 0.4) is 0 Å². The van der Waals surface area contributed by atoms with Crippen molar-refractivity contribution < 1.29 is 22.5 Å². The van der Waals surface area contributed by atoms with Crippen LogP contribution in [0.25, 0.3) is 11.5 Å². The zero-order chi connectivity index (χ0) is 24.9. The molecule has 186 valence electrons. The molecule has 9 heteroatoms. The van der Waals surface area contributed by atoms with Crippen LogP contribution in [0.15, 0.2) is 28.8 Å². The average Bonchev–Trinajstić information content (AvgIpc) is 3.20. The van der Waals surface area contributed by atoms with Gasteiger partial charge in [-0.1, -0.05) is 25.1 Å². The summed E-state index contributed by atoms with van der Waals surface area (Å²) in [5, 5.41) is 12.8. The van der Waals surface area contributed by atoms with Crippen LogP contribution in [0.4, 0.5) is 13.2 Å². The van der Waals surface area contributed by atoms with Crippen LogP contribution in [0.5, 0.6) is 0 Å². The van der Waals surface area contributed by atoms with Crippen molar-refractivity contribution in [2.24, 2.45) is 11.8 Å². The monoisotopic (exact) mass is 486 g/mol. The fourth-order valence-electron chi connectivity index (χ4n) is 5.14. The maximum Gasteiger partial charge on any atom is 0.249 e. The minimum atomic E-state index is -2.97. The van der Waals surface area contributed by atoms with Crippen LogP contribution in [-0.4, -0.2) is 31.6 Å². The lowest BCUT2D eigenvalue weighted by molar-refractivity contribution is -0.123. The van der Waals surface area contributed by atoms with E-state index in [9.17, 15) is 18.0 Å². The second-order valence-corrected chi connectivity index (χ2v) is 10.5. The van der Waals surface area contributed by atoms with Gasteiger partial charge in [0.15, 0.2) is 11.5 Å². The second kappa shape index (κ2) is 8.91. The molecule has 0 saturated heterocycles. The Balaban J connectivity index is 1.46. The van der Waals surface area contributed by atoms with Crippen molar-refractivity contribution in [3.63, 3.8) is 0 Å². The number of halogens is 3. The minimum absolute atomic E-state index is 0.0182. The molecule has 0 unspecified atom stereocenters. The number of carbonyl (C=O) groups excluding carboxylic acids is 1. The van der Waals surface area contributed by atoms with E-state index in [0.717, 1.165) is 25.0 Å². The van der Waals surface area contributed by atoms with Crippen LogP contribution in [0.1, 0.15) is 74.2 Å². The molecule has 2 heterocycles. The van der Waals surface area contributed by atoms with Gasteiger partial charge in [0.2, 0.25) is 5.92 Å². The Hall–Kier alpha value is -2.97. The van der Waals surface area contributed by atoms with Crippen molar-refractivity contribution in [3.05, 3.63) is 52.8 Å². The van der Waals surface area contributed by atoms with Gasteiger partial charge < -0.3 is 9.09 Å². The molecule has 2 atom stereocenters. The molecule has 2 aromatic heterocycles. The fraction of sp³-hybridized carbons (Fsp3) is 0.538. The van der Waals surface area contributed by atoms with Gasteiger partial charge in [0.1, 0.15) is 23.2 Å². The lowest BCUT2D eigenvalue weighted by atomic mass is 9.87. The number of carbonyl (C=O) groups is 1. The number of alkyl halides is 2. The number of Topliss-reactive ketones (excluding diaryl/α,β-unsaturated/α-hetero) is 1. The van der Waals surface area contributed by atoms with E-state index in [0.29, 0.717) is 34.4 Å². The average molecular weight is 487 g/mol. The number of rotatable bonds is 8. The summed E-state index contributed by atoms with van der Waals surface area (Å²) in [4.78, 5) is 13.3. The minimum Gasteiger partial charge on any atom is -0.361 e. The molecule has 1 aromatic carbocycles. The second-order valence-electron chi connectivity index (χ2n) is 10.5. The molecule has 0 N–H and O–H groups in total. The van der Waals surface area contributed by atoms with Crippen molar-refractivity contribution >= 4 is 5.78 Å². The molecule has 0 spiro atoms. The third-order valence-electron chi connectivity index (χ3n) is 6.97. The van der Waals surface area contributed by atoms with Crippen LogP contribution in [-0.2, 0) is 17.6 Å². The van der Waals surface area contributed by atoms with E-state index in [1.54, 1.807) is 13.0 Å². The van der Waals surface area contributed by atoms with E-state index in [1.807, 2.05) is 10.6 Å². The lowest BCUT2D eigenvalue weighted by Crippen LogP contribution is -2.23. The topological polar surface area (TPSA) is 73.8 Å². The number of ketones is 1. The summed E-state index contributed by atoms with van der Waals surface area (Å²) >= 11 is 0. The fourth-order valence-corrected chi connectivity index (χ4v) is 5.14. The summed E-state index contributed by atoms with van der Waals surface area (Å²) in [6, 6.07) is 6.12. The van der Waals surface area contributed by atoms with Crippen LogP contribution >= 0.6 is 0 Å². The van der Waals surface area contributed by atoms with E-state index < -0.39 is 36.4 Å². The lowest BCUT2D eigenvalue weighted by Gasteiger charge is -2.19. The molecule has 0 radical (unpaired) electrons. The largest absolute Gasteiger partial charge is 0.361 e. The third-order valence-corrected chi connectivity index (χ3v) is 6.97. The summed E-state index contributed by atoms with van der Waals surface area (Å²) < 4.78 is 50.2. The number of hydrogen-bond donors (Lipinski definition) is 0. The van der Waals surface area contributed by atoms with Gasteiger partial charge in [-0.05, 0) is 48.9 Å². The first-order chi connectivity index (χ1) is 16.6. The first-order valence-corrected chi connectivity index (χ1v) is 12.2. The number of aryl methyl sites for hydroxylation is 1. The molecule has 2 saturated carbocycles. The molecule has 6 nitrogen and oxygen atoms in total. The van der Waals surface area contributed by atoms with Gasteiger partial charge in [-0.3, -0.25) is 4.79 Å². The van der Waals surface area contributed by atoms with E-state index in [1.165, 1.54) is 12.1 Å². The summed E-state index contributed by atoms with van der Waals surface area (Å²) in [6.45, 7) is 5.88. The van der Waals surface area contributed by atoms with Crippen molar-refractivity contribution in [1.82, 2.24) is 19.9 Å². The van der Waals surface area contributed by atoms with Gasteiger partial charge in [-0.15, -0.1) is 10.2 Å². The smallest absolute Gasteiger partial charge is 0.249 e. The Bertz CT molecular complexity index is 1250. The predicted molar refractivity (Wildman–Crippen MR) is 123 cm³/mol. The normalized spacial score (nSPS) is 21.7. The SMILES string of the molecule is Cc1cc(F)ccc1CC(=O)[C@H]1CC(F)(F)C[C@@H]1c1nnc(-c2cc(CC(C)C)on2)n1C1CC1. The van der Waals surface area contributed by atoms with E-state index in [4.69, 9.17) is 4.52 Å². The molecule has 2 aliphatic rings. The molecule has 0 aliphatic heterocycles. The quantitative estimate of drug-likeness (QED) is 0.399. The molecular weight excluding hydrogens is 457 g/mol. The number of aromatic nitrogens is 4. The summed E-state index contributed by atoms with van der Waals surface area (Å²) in [6.07, 6.45) is 1.53. The Kier molecular flexibility index (Phi) is 6.05. The molecule has 35 heavy (non-hydrogen) atoms. The first kappa shape index (κ1) is 23.8. The number of hydrogen-bond acceptors (Lipinski definition) is 5. The summed E-state index contributed by atoms with van der Waals surface area (Å²) in [5.41, 5.74) is 1.81. The van der Waals surface area contributed by atoms with Crippen molar-refractivity contribution in [3.8, 4) is 11.5 Å². The van der Waals surface area contributed by atoms with Crippen LogP contribution < -0.4 is 0 Å². The van der Waals surface area contributed by atoms with Gasteiger partial charge in [0, 0.05) is 49.6 Å². The number of benzene rings is 1. The zero-order valence-corrected chi connectivity index (χ0v) is 20.1. The van der Waals surface area contributed by atoms with E-state index in [2.05, 4.69) is 29.2 Å². The van der Waals surface area contributed by atoms with Gasteiger partial charge in [0.25, 0.3) is 0 Å². The molecule has 2 fully saturated rings. The maximum atomic E-state index is 14.7. The Morgan fingerprint density at radius 1 is 1.20 bits per heavy atom. The molecule has 2 aliphatic carbocycles. The van der Waals surface area contributed by atoms with Gasteiger partial charge >= 0.3 is 0 Å². The number of nitrogens with zero attached hydrogens (tertiary/aromatic N) is 4. The Labute approximate surface area is 201 Å². The van der Waals surface area contributed by atoms with Gasteiger partial charge in [-0.2, -0.15) is 0 Å². The summed E-state index contributed by atoms with van der Waals surface area (Å²) in [5.74, 6) is -3.24. The predicted octanol–water partition coefficient (Wildman–Crippen LogP) is 5.85. The molecule has 3 aromatic rings. The van der Waals surface area contributed by atoms with Crippen molar-refractivity contribution in [2.45, 2.75) is 77.2 Å². The molecule has 0 amide bonds. The van der Waals surface area contributed by atoms with Gasteiger partial charge in [-0.25, -0.2) is 13.2 Å². The van der Waals surface area contributed by atoms with Gasteiger partial charge in [0.05, 0.1) is 0 Å². The van der Waals surface area contributed by atoms with E-state index in [-0.39, 0.29) is 18.2 Å².